The molecular weight excluding hydrogens is 505 g/mol. The molecule has 4 aromatic rings. The number of rotatable bonds is 6. The molecule has 0 saturated heterocycles. The van der Waals surface area contributed by atoms with E-state index < -0.39 is 5.91 Å². The van der Waals surface area contributed by atoms with Gasteiger partial charge in [-0.25, -0.2) is 0 Å². The molecule has 0 aliphatic heterocycles. The molecule has 0 spiro atoms. The summed E-state index contributed by atoms with van der Waals surface area (Å²) in [5.74, 6) is 0.818. The standard InChI is InChI=1S/C21H18BrCl2N5O2/c1-12-7-13(2)29(26-12)10-16-5-6-19(31-16)21(30)25-20-17(22)11-28(27-20)9-14-3-4-15(23)8-18(14)24/h3-8,11H,9-10H2,1-2H3,(H,25,27,30). The number of aromatic nitrogens is 4. The van der Waals surface area contributed by atoms with Crippen LogP contribution in [0.2, 0.25) is 10.0 Å². The van der Waals surface area contributed by atoms with Crippen LogP contribution in [0, 0.1) is 13.8 Å². The minimum atomic E-state index is -0.393. The van der Waals surface area contributed by atoms with Gasteiger partial charge in [0.25, 0.3) is 5.91 Å². The summed E-state index contributed by atoms with van der Waals surface area (Å²) in [6.45, 7) is 4.79. The second-order valence-corrected chi connectivity index (χ2v) is 8.76. The molecule has 160 valence electrons. The van der Waals surface area contributed by atoms with Gasteiger partial charge in [-0.3, -0.25) is 14.2 Å². The Morgan fingerprint density at radius 1 is 1.13 bits per heavy atom. The topological polar surface area (TPSA) is 77.9 Å². The number of benzene rings is 1. The van der Waals surface area contributed by atoms with Crippen molar-refractivity contribution in [1.29, 1.82) is 0 Å². The van der Waals surface area contributed by atoms with Crippen LogP contribution in [0.15, 0.2) is 51.5 Å². The minimum Gasteiger partial charge on any atom is -0.454 e. The summed E-state index contributed by atoms with van der Waals surface area (Å²) in [6.07, 6.45) is 1.76. The maximum Gasteiger partial charge on any atom is 0.292 e. The van der Waals surface area contributed by atoms with Crippen molar-refractivity contribution in [3.63, 3.8) is 0 Å². The Kier molecular flexibility index (Phi) is 6.22. The number of carbonyl (C=O) groups is 1. The second kappa shape index (κ2) is 8.90. The molecule has 1 N–H and O–H groups in total. The maximum absolute atomic E-state index is 12.6. The molecule has 1 amide bonds. The quantitative estimate of drug-likeness (QED) is 0.352. The zero-order chi connectivity index (χ0) is 22.1. The molecule has 7 nitrogen and oxygen atoms in total. The molecule has 0 saturated carbocycles. The summed E-state index contributed by atoms with van der Waals surface area (Å²) < 4.78 is 9.84. The third-order valence-corrected chi connectivity index (χ3v) is 5.76. The van der Waals surface area contributed by atoms with Crippen molar-refractivity contribution in [2.45, 2.75) is 26.9 Å². The van der Waals surface area contributed by atoms with Gasteiger partial charge in [0.15, 0.2) is 11.6 Å². The Balaban J connectivity index is 1.44. The first-order valence-electron chi connectivity index (χ1n) is 9.36. The van der Waals surface area contributed by atoms with Crippen LogP contribution in [0.4, 0.5) is 5.82 Å². The fraction of sp³-hybridized carbons (Fsp3) is 0.190. The van der Waals surface area contributed by atoms with Crippen LogP contribution in [0.25, 0.3) is 0 Å². The Bertz CT molecular complexity index is 1260. The van der Waals surface area contributed by atoms with E-state index in [1.807, 2.05) is 30.7 Å². The third kappa shape index (κ3) is 5.03. The van der Waals surface area contributed by atoms with Gasteiger partial charge in [0.1, 0.15) is 5.76 Å². The smallest absolute Gasteiger partial charge is 0.292 e. The fourth-order valence-corrected chi connectivity index (χ4v) is 4.01. The number of hydrogen-bond donors (Lipinski definition) is 1. The lowest BCUT2D eigenvalue weighted by Crippen LogP contribution is -2.12. The Morgan fingerprint density at radius 2 is 1.94 bits per heavy atom. The van der Waals surface area contributed by atoms with E-state index in [0.29, 0.717) is 39.2 Å². The number of carbonyl (C=O) groups excluding carboxylic acids is 1. The summed E-state index contributed by atoms with van der Waals surface area (Å²) in [7, 11) is 0. The van der Waals surface area contributed by atoms with Crippen LogP contribution in [-0.4, -0.2) is 25.5 Å². The molecule has 0 radical (unpaired) electrons. The monoisotopic (exact) mass is 521 g/mol. The number of nitrogens with one attached hydrogen (secondary N) is 1. The number of nitrogens with zero attached hydrogens (tertiary/aromatic N) is 4. The van der Waals surface area contributed by atoms with Crippen molar-refractivity contribution in [2.24, 2.45) is 0 Å². The zero-order valence-corrected chi connectivity index (χ0v) is 19.8. The molecule has 0 fully saturated rings. The van der Waals surface area contributed by atoms with E-state index in [-0.39, 0.29) is 5.76 Å². The van der Waals surface area contributed by atoms with Crippen molar-refractivity contribution < 1.29 is 9.21 Å². The van der Waals surface area contributed by atoms with Gasteiger partial charge in [-0.05, 0) is 65.7 Å². The van der Waals surface area contributed by atoms with Crippen molar-refractivity contribution in [1.82, 2.24) is 19.6 Å². The highest BCUT2D eigenvalue weighted by Crippen LogP contribution is 2.25. The van der Waals surface area contributed by atoms with Crippen molar-refractivity contribution in [3.8, 4) is 0 Å². The van der Waals surface area contributed by atoms with Crippen molar-refractivity contribution in [3.05, 3.63) is 85.6 Å². The number of anilines is 1. The Labute approximate surface area is 197 Å². The largest absolute Gasteiger partial charge is 0.454 e. The Hall–Kier alpha value is -2.55. The number of hydrogen-bond acceptors (Lipinski definition) is 4. The molecular formula is C21H18BrCl2N5O2. The van der Waals surface area contributed by atoms with Crippen molar-refractivity contribution >= 4 is 50.9 Å². The van der Waals surface area contributed by atoms with Crippen LogP contribution >= 0.6 is 39.1 Å². The lowest BCUT2D eigenvalue weighted by Gasteiger charge is -2.05. The molecule has 1 aromatic carbocycles. The predicted octanol–water partition coefficient (Wildman–Crippen LogP) is 5.71. The van der Waals surface area contributed by atoms with Gasteiger partial charge in [-0.1, -0.05) is 29.3 Å². The highest BCUT2D eigenvalue weighted by atomic mass is 79.9. The second-order valence-electron chi connectivity index (χ2n) is 7.06. The summed E-state index contributed by atoms with van der Waals surface area (Å²) in [6, 6.07) is 10.7. The maximum atomic E-state index is 12.6. The van der Waals surface area contributed by atoms with E-state index in [0.717, 1.165) is 17.0 Å². The first-order valence-corrected chi connectivity index (χ1v) is 10.9. The molecule has 4 rings (SSSR count). The van der Waals surface area contributed by atoms with Crippen LogP contribution in [0.5, 0.6) is 0 Å². The van der Waals surface area contributed by atoms with Gasteiger partial charge >= 0.3 is 0 Å². The molecule has 0 unspecified atom stereocenters. The molecule has 3 aromatic heterocycles. The van der Waals surface area contributed by atoms with E-state index >= 15 is 0 Å². The average Bonchev–Trinajstić information content (AvgIpc) is 3.38. The normalized spacial score (nSPS) is 11.1. The molecule has 0 aliphatic rings. The zero-order valence-electron chi connectivity index (χ0n) is 16.7. The molecule has 0 aliphatic carbocycles. The molecule has 31 heavy (non-hydrogen) atoms. The summed E-state index contributed by atoms with van der Waals surface area (Å²) in [5.41, 5.74) is 2.82. The number of furan rings is 1. The first-order chi connectivity index (χ1) is 14.8. The van der Waals surface area contributed by atoms with Gasteiger partial charge in [0.05, 0.1) is 23.3 Å². The fourth-order valence-electron chi connectivity index (χ4n) is 3.12. The van der Waals surface area contributed by atoms with Crippen LogP contribution in [0.1, 0.15) is 33.3 Å². The molecule has 0 bridgehead atoms. The lowest BCUT2D eigenvalue weighted by atomic mass is 10.2. The van der Waals surface area contributed by atoms with Gasteiger partial charge in [-0.2, -0.15) is 10.2 Å². The highest BCUT2D eigenvalue weighted by Gasteiger charge is 2.16. The third-order valence-electron chi connectivity index (χ3n) is 4.59. The summed E-state index contributed by atoms with van der Waals surface area (Å²) >= 11 is 15.6. The lowest BCUT2D eigenvalue weighted by molar-refractivity contribution is 0.0994. The van der Waals surface area contributed by atoms with Crippen LogP contribution in [0.3, 0.4) is 0 Å². The van der Waals surface area contributed by atoms with E-state index in [1.165, 1.54) is 0 Å². The number of halogens is 3. The number of amides is 1. The SMILES string of the molecule is Cc1cc(C)n(Cc2ccc(C(=O)Nc3nn(Cc4ccc(Cl)cc4Cl)cc3Br)o2)n1. The van der Waals surface area contributed by atoms with Gasteiger partial charge in [0, 0.05) is 21.9 Å². The van der Waals surface area contributed by atoms with E-state index in [4.69, 9.17) is 27.6 Å². The van der Waals surface area contributed by atoms with Gasteiger partial charge in [0.2, 0.25) is 0 Å². The molecule has 10 heteroatoms. The number of aryl methyl sites for hydroxylation is 2. The van der Waals surface area contributed by atoms with Gasteiger partial charge < -0.3 is 9.73 Å². The van der Waals surface area contributed by atoms with E-state index in [1.54, 1.807) is 35.1 Å². The van der Waals surface area contributed by atoms with Crippen LogP contribution in [-0.2, 0) is 13.1 Å². The van der Waals surface area contributed by atoms with Crippen LogP contribution < -0.4 is 5.32 Å². The van der Waals surface area contributed by atoms with E-state index in [9.17, 15) is 4.79 Å². The predicted molar refractivity (Wildman–Crippen MR) is 123 cm³/mol. The van der Waals surface area contributed by atoms with Crippen molar-refractivity contribution in [2.75, 3.05) is 5.32 Å². The minimum absolute atomic E-state index is 0.193. The Morgan fingerprint density at radius 3 is 2.65 bits per heavy atom. The van der Waals surface area contributed by atoms with Gasteiger partial charge in [-0.15, -0.1) is 0 Å². The summed E-state index contributed by atoms with van der Waals surface area (Å²) in [4.78, 5) is 12.6. The first kappa shape index (κ1) is 21.7. The summed E-state index contributed by atoms with van der Waals surface area (Å²) in [5, 5.41) is 12.7. The van der Waals surface area contributed by atoms with E-state index in [2.05, 4.69) is 31.4 Å². The highest BCUT2D eigenvalue weighted by molar-refractivity contribution is 9.10. The molecule has 3 heterocycles. The molecule has 0 atom stereocenters. The average molecular weight is 523 g/mol.